The van der Waals surface area contributed by atoms with Crippen molar-refractivity contribution < 1.29 is 9.53 Å². The van der Waals surface area contributed by atoms with E-state index in [9.17, 15) is 4.79 Å². The monoisotopic (exact) mass is 285 g/mol. The van der Waals surface area contributed by atoms with E-state index < -0.39 is 5.60 Å². The van der Waals surface area contributed by atoms with Crippen LogP contribution in [0.3, 0.4) is 0 Å². The second-order valence-electron chi connectivity index (χ2n) is 6.23. The van der Waals surface area contributed by atoms with Gasteiger partial charge in [-0.1, -0.05) is 12.1 Å². The Hall–Kier alpha value is -1.88. The Morgan fingerprint density at radius 3 is 2.95 bits per heavy atom. The van der Waals surface area contributed by atoms with Crippen molar-refractivity contribution in [1.82, 2.24) is 14.9 Å². The summed E-state index contributed by atoms with van der Waals surface area (Å²) in [5.41, 5.74) is 1.45. The predicted molar refractivity (Wildman–Crippen MR) is 79.0 cm³/mol. The number of ether oxygens (including phenoxy) is 1. The number of likely N-dealkylation sites (tertiary alicyclic amines) is 1. The molecule has 0 aliphatic carbocycles. The van der Waals surface area contributed by atoms with Crippen LogP contribution in [0.2, 0.25) is 0 Å². The smallest absolute Gasteiger partial charge is 0.254 e. The summed E-state index contributed by atoms with van der Waals surface area (Å²) < 4.78 is 5.63. The summed E-state index contributed by atoms with van der Waals surface area (Å²) in [6.07, 6.45) is 1.81. The van der Waals surface area contributed by atoms with Gasteiger partial charge in [-0.3, -0.25) is 4.79 Å². The van der Waals surface area contributed by atoms with Crippen molar-refractivity contribution in [1.29, 1.82) is 0 Å². The molecular weight excluding hydrogens is 266 g/mol. The van der Waals surface area contributed by atoms with E-state index >= 15 is 0 Å². The van der Waals surface area contributed by atoms with Gasteiger partial charge in [0.15, 0.2) is 0 Å². The van der Waals surface area contributed by atoms with Crippen LogP contribution in [0.5, 0.6) is 0 Å². The van der Waals surface area contributed by atoms with Crippen molar-refractivity contribution in [2.24, 2.45) is 0 Å². The average molecular weight is 285 g/mol. The summed E-state index contributed by atoms with van der Waals surface area (Å²) in [6.45, 7) is 4.08. The standard InChI is InChI=1S/C16H19N3O2/c1-16(7-4-8-21-16)15(20)19-9-11(10-19)14-17-12-5-2-3-6-13(12)18-14/h2-3,5-6,11H,4,7-10H2,1H3,(H,17,18)/t16-/m1/s1. The molecule has 1 atom stereocenters. The molecule has 0 unspecified atom stereocenters. The molecule has 21 heavy (non-hydrogen) atoms. The minimum Gasteiger partial charge on any atom is -0.365 e. The maximum Gasteiger partial charge on any atom is 0.254 e. The zero-order valence-corrected chi connectivity index (χ0v) is 12.1. The van der Waals surface area contributed by atoms with E-state index in [0.717, 1.165) is 42.8 Å². The lowest BCUT2D eigenvalue weighted by atomic mass is 9.94. The molecule has 5 heteroatoms. The molecule has 3 heterocycles. The van der Waals surface area contributed by atoms with Crippen LogP contribution in [0, 0.1) is 0 Å². The van der Waals surface area contributed by atoms with Gasteiger partial charge in [0.1, 0.15) is 11.4 Å². The molecule has 1 N–H and O–H groups in total. The third-order valence-electron chi connectivity index (χ3n) is 4.63. The van der Waals surface area contributed by atoms with E-state index in [4.69, 9.17) is 4.74 Å². The predicted octanol–water partition coefficient (Wildman–Crippen LogP) is 2.06. The second kappa shape index (κ2) is 4.56. The summed E-state index contributed by atoms with van der Waals surface area (Å²) in [6, 6.07) is 8.02. The zero-order chi connectivity index (χ0) is 14.4. The lowest BCUT2D eigenvalue weighted by Gasteiger charge is -2.41. The fourth-order valence-corrected chi connectivity index (χ4v) is 3.27. The Labute approximate surface area is 123 Å². The molecule has 5 nitrogen and oxygen atoms in total. The van der Waals surface area contributed by atoms with Crippen molar-refractivity contribution in [3.63, 3.8) is 0 Å². The number of amides is 1. The zero-order valence-electron chi connectivity index (χ0n) is 12.1. The SMILES string of the molecule is C[C@]1(C(=O)N2CC(c3nc4ccccc4[nH]3)C2)CCCO1. The molecule has 4 rings (SSSR count). The van der Waals surface area contributed by atoms with E-state index in [1.165, 1.54) is 0 Å². The Bertz CT molecular complexity index is 649. The molecule has 1 amide bonds. The number of H-pyrrole nitrogens is 1. The van der Waals surface area contributed by atoms with Crippen LogP contribution in [0.4, 0.5) is 0 Å². The van der Waals surface area contributed by atoms with Gasteiger partial charge in [-0.25, -0.2) is 4.98 Å². The number of fused-ring (bicyclic) bond motifs is 1. The number of carbonyl (C=O) groups excluding carboxylic acids is 1. The van der Waals surface area contributed by atoms with Crippen LogP contribution in [0.25, 0.3) is 11.0 Å². The molecule has 0 radical (unpaired) electrons. The highest BCUT2D eigenvalue weighted by Gasteiger charge is 2.45. The Morgan fingerprint density at radius 1 is 1.43 bits per heavy atom. The molecule has 2 saturated heterocycles. The van der Waals surface area contributed by atoms with Gasteiger partial charge >= 0.3 is 0 Å². The maximum absolute atomic E-state index is 12.5. The van der Waals surface area contributed by atoms with Gasteiger partial charge in [-0.2, -0.15) is 0 Å². The number of hydrogen-bond acceptors (Lipinski definition) is 3. The Morgan fingerprint density at radius 2 is 2.24 bits per heavy atom. The first kappa shape index (κ1) is 12.8. The first-order valence-electron chi connectivity index (χ1n) is 7.54. The van der Waals surface area contributed by atoms with Crippen LogP contribution >= 0.6 is 0 Å². The average Bonchev–Trinajstić information content (AvgIpc) is 3.03. The topological polar surface area (TPSA) is 58.2 Å². The molecule has 1 aromatic carbocycles. The molecule has 0 saturated carbocycles. The summed E-state index contributed by atoms with van der Waals surface area (Å²) in [5.74, 6) is 1.43. The third-order valence-corrected chi connectivity index (χ3v) is 4.63. The molecule has 2 fully saturated rings. The summed E-state index contributed by atoms with van der Waals surface area (Å²) in [7, 11) is 0. The number of aromatic nitrogens is 2. The number of imidazole rings is 1. The number of nitrogens with zero attached hydrogens (tertiary/aromatic N) is 2. The Kier molecular flexibility index (Phi) is 2.79. The molecule has 110 valence electrons. The molecule has 1 aromatic heterocycles. The van der Waals surface area contributed by atoms with E-state index in [1.54, 1.807) is 0 Å². The second-order valence-corrected chi connectivity index (χ2v) is 6.23. The van der Waals surface area contributed by atoms with E-state index in [1.807, 2.05) is 36.1 Å². The summed E-state index contributed by atoms with van der Waals surface area (Å²) in [4.78, 5) is 22.3. The molecule has 2 aliphatic rings. The molecule has 0 bridgehead atoms. The third kappa shape index (κ3) is 2.03. The van der Waals surface area contributed by atoms with Crippen LogP contribution in [-0.2, 0) is 9.53 Å². The van der Waals surface area contributed by atoms with Crippen molar-refractivity contribution in [2.45, 2.75) is 31.3 Å². The minimum atomic E-state index is -0.598. The largest absolute Gasteiger partial charge is 0.365 e. The van der Waals surface area contributed by atoms with Gasteiger partial charge in [0.25, 0.3) is 5.91 Å². The van der Waals surface area contributed by atoms with Crippen molar-refractivity contribution >= 4 is 16.9 Å². The highest BCUT2D eigenvalue weighted by Crippen LogP contribution is 2.33. The maximum atomic E-state index is 12.5. The van der Waals surface area contributed by atoms with Gasteiger partial charge in [-0.15, -0.1) is 0 Å². The number of hydrogen-bond donors (Lipinski definition) is 1. The molecule has 0 spiro atoms. The fourth-order valence-electron chi connectivity index (χ4n) is 3.27. The van der Waals surface area contributed by atoms with Crippen molar-refractivity contribution in [2.75, 3.05) is 19.7 Å². The highest BCUT2D eigenvalue weighted by atomic mass is 16.5. The van der Waals surface area contributed by atoms with Gasteiger partial charge in [0.2, 0.25) is 0 Å². The number of para-hydroxylation sites is 2. The van der Waals surface area contributed by atoms with Gasteiger partial charge in [0.05, 0.1) is 17.0 Å². The van der Waals surface area contributed by atoms with Crippen LogP contribution in [0.1, 0.15) is 31.5 Å². The van der Waals surface area contributed by atoms with E-state index in [-0.39, 0.29) is 5.91 Å². The Balaban J connectivity index is 1.46. The lowest BCUT2D eigenvalue weighted by molar-refractivity contribution is -0.155. The number of aromatic amines is 1. The molecule has 2 aliphatic heterocycles. The van der Waals surface area contributed by atoms with Crippen LogP contribution in [0.15, 0.2) is 24.3 Å². The van der Waals surface area contributed by atoms with Gasteiger partial charge in [-0.05, 0) is 31.9 Å². The number of nitrogens with one attached hydrogen (secondary N) is 1. The fraction of sp³-hybridized carbons (Fsp3) is 0.500. The molecular formula is C16H19N3O2. The normalized spacial score (nSPS) is 26.2. The van der Waals surface area contributed by atoms with Crippen LogP contribution < -0.4 is 0 Å². The van der Waals surface area contributed by atoms with Crippen molar-refractivity contribution in [3.05, 3.63) is 30.1 Å². The number of carbonyl (C=O) groups is 1. The van der Waals surface area contributed by atoms with Gasteiger partial charge < -0.3 is 14.6 Å². The van der Waals surface area contributed by atoms with E-state index in [2.05, 4.69) is 9.97 Å². The van der Waals surface area contributed by atoms with E-state index in [0.29, 0.717) is 12.5 Å². The van der Waals surface area contributed by atoms with Crippen LogP contribution in [-0.4, -0.2) is 46.1 Å². The quantitative estimate of drug-likeness (QED) is 0.919. The first-order chi connectivity index (χ1) is 10.2. The summed E-state index contributed by atoms with van der Waals surface area (Å²) in [5, 5.41) is 0. The lowest BCUT2D eigenvalue weighted by Crippen LogP contribution is -2.56. The highest BCUT2D eigenvalue weighted by molar-refractivity contribution is 5.86. The summed E-state index contributed by atoms with van der Waals surface area (Å²) >= 11 is 0. The van der Waals surface area contributed by atoms with Gasteiger partial charge in [0, 0.05) is 19.7 Å². The number of rotatable bonds is 2. The minimum absolute atomic E-state index is 0.132. The first-order valence-corrected chi connectivity index (χ1v) is 7.54. The van der Waals surface area contributed by atoms with Crippen molar-refractivity contribution in [3.8, 4) is 0 Å². The molecule has 2 aromatic rings. The number of benzene rings is 1.